The number of carbonyl (C=O) groups is 1. The third kappa shape index (κ3) is 5.22. The number of primary amides is 1. The van der Waals surface area contributed by atoms with E-state index in [0.29, 0.717) is 56.1 Å². The fourth-order valence-electron chi connectivity index (χ4n) is 4.26. The lowest BCUT2D eigenvalue weighted by molar-refractivity contribution is 0.0999. The smallest absolute Gasteiger partial charge is 0.263 e. The quantitative estimate of drug-likeness (QED) is 0.356. The molecule has 9 heteroatoms. The fourth-order valence-corrected chi connectivity index (χ4v) is 4.26. The molecule has 192 valence electrons. The van der Waals surface area contributed by atoms with E-state index >= 15 is 0 Å². The number of pyridine rings is 1. The van der Waals surface area contributed by atoms with E-state index < -0.39 is 17.5 Å². The number of amides is 1. The molecule has 0 spiro atoms. The number of anilines is 1. The molecule has 1 unspecified atom stereocenters. The summed E-state index contributed by atoms with van der Waals surface area (Å²) in [6.07, 6.45) is 5.05. The molecule has 0 fully saturated rings. The lowest BCUT2D eigenvalue weighted by Gasteiger charge is -2.20. The first kappa shape index (κ1) is 27.1. The monoisotopic (exact) mass is 501 g/mol. The van der Waals surface area contributed by atoms with Gasteiger partial charge in [-0.1, -0.05) is 12.6 Å². The van der Waals surface area contributed by atoms with E-state index in [1.165, 1.54) is 7.05 Å². The number of fused-ring (bicyclic) bond motifs is 1. The summed E-state index contributed by atoms with van der Waals surface area (Å²) < 4.78 is 6.34. The summed E-state index contributed by atoms with van der Waals surface area (Å²) in [6, 6.07) is 4.86. The van der Waals surface area contributed by atoms with E-state index in [1.807, 2.05) is 19.9 Å². The van der Waals surface area contributed by atoms with Gasteiger partial charge in [0.25, 0.3) is 11.5 Å². The van der Waals surface area contributed by atoms with Gasteiger partial charge < -0.3 is 31.6 Å². The van der Waals surface area contributed by atoms with Crippen LogP contribution in [0.4, 0.5) is 5.69 Å². The van der Waals surface area contributed by atoms with Crippen molar-refractivity contribution < 1.29 is 9.21 Å². The van der Waals surface area contributed by atoms with Crippen LogP contribution in [-0.2, 0) is 0 Å². The molecule has 1 amide bonds. The number of rotatable bonds is 5. The van der Waals surface area contributed by atoms with Crippen molar-refractivity contribution in [3.8, 4) is 0 Å². The molecule has 1 aliphatic carbocycles. The number of hydrogen-bond donors (Lipinski definition) is 5. The number of aromatic amines is 1. The van der Waals surface area contributed by atoms with Crippen molar-refractivity contribution >= 4 is 33.8 Å². The number of benzene rings is 1. The van der Waals surface area contributed by atoms with Crippen LogP contribution in [-0.4, -0.2) is 23.7 Å². The van der Waals surface area contributed by atoms with Gasteiger partial charge in [0.1, 0.15) is 16.9 Å². The Morgan fingerprint density at radius 3 is 2.43 bits per heavy atom. The van der Waals surface area contributed by atoms with Crippen LogP contribution in [0.25, 0.3) is 16.5 Å². The van der Waals surface area contributed by atoms with Crippen molar-refractivity contribution in [3.05, 3.63) is 103 Å². The summed E-state index contributed by atoms with van der Waals surface area (Å²) in [4.78, 5) is 40.2. The van der Waals surface area contributed by atoms with Crippen molar-refractivity contribution in [2.45, 2.75) is 33.7 Å². The van der Waals surface area contributed by atoms with Gasteiger partial charge in [-0.2, -0.15) is 0 Å². The van der Waals surface area contributed by atoms with Crippen LogP contribution in [0.3, 0.4) is 0 Å². The van der Waals surface area contributed by atoms with Crippen LogP contribution in [0.1, 0.15) is 51.5 Å². The summed E-state index contributed by atoms with van der Waals surface area (Å²) in [5, 5.41) is 11.5. The first-order valence-corrected chi connectivity index (χ1v) is 11.6. The summed E-state index contributed by atoms with van der Waals surface area (Å²) in [5.74, 6) is -0.448. The normalized spacial score (nSPS) is 13.6. The molecule has 0 saturated heterocycles. The molecule has 0 aliphatic heterocycles. The molecule has 7 N–H and O–H groups in total. The van der Waals surface area contributed by atoms with E-state index in [0.717, 1.165) is 5.56 Å². The van der Waals surface area contributed by atoms with E-state index in [2.05, 4.69) is 22.6 Å². The molecule has 1 aliphatic rings. The van der Waals surface area contributed by atoms with Crippen LogP contribution in [0.5, 0.6) is 0 Å². The molecule has 37 heavy (non-hydrogen) atoms. The largest absolute Gasteiger partial charge is 0.455 e. The Hall–Kier alpha value is -4.50. The molecule has 2 heterocycles. The second-order valence-corrected chi connectivity index (χ2v) is 8.79. The molecular formula is C28H31N5O4. The van der Waals surface area contributed by atoms with Gasteiger partial charge in [0.15, 0.2) is 5.43 Å². The Kier molecular flexibility index (Phi) is 7.78. The number of carbonyl (C=O) groups excluding carboxylic acids is 1. The Morgan fingerprint density at radius 1 is 1.14 bits per heavy atom. The molecule has 4 rings (SSSR count). The van der Waals surface area contributed by atoms with Gasteiger partial charge in [-0.05, 0) is 76.2 Å². The van der Waals surface area contributed by atoms with Gasteiger partial charge in [-0.15, -0.1) is 0 Å². The highest BCUT2D eigenvalue weighted by atomic mass is 16.3. The highest BCUT2D eigenvalue weighted by Crippen LogP contribution is 2.32. The number of nitrogens with two attached hydrogens (primary N) is 2. The van der Waals surface area contributed by atoms with Crippen LogP contribution < -0.4 is 27.8 Å². The maximum atomic E-state index is 13.4. The predicted molar refractivity (Wildman–Crippen MR) is 148 cm³/mol. The molecule has 1 aromatic carbocycles. The average Bonchev–Trinajstić information content (AvgIpc) is 2.83. The van der Waals surface area contributed by atoms with Gasteiger partial charge in [0, 0.05) is 22.4 Å². The van der Waals surface area contributed by atoms with Crippen LogP contribution in [0.15, 0.2) is 62.6 Å². The first-order valence-electron chi connectivity index (χ1n) is 11.6. The van der Waals surface area contributed by atoms with Gasteiger partial charge in [0.2, 0.25) is 0 Å². The lowest BCUT2D eigenvalue weighted by Crippen LogP contribution is -2.27. The van der Waals surface area contributed by atoms with Gasteiger partial charge in [-0.3, -0.25) is 14.4 Å². The maximum Gasteiger partial charge on any atom is 0.263 e. The standard InChI is InChI=1S/C27H26N4O4.CH5N/c1-12-8-18(16(5)31-21-11-14(3)30-27(34)22(21)26(29)33)25-19(9-12)23(32)15(4)24(35-25)17-6-7-20(28)13(2)10-17;1-2/h6-11,16,28H,2H2,1,3-5H3,(H2,29,33)(H2,30,31,34);2H2,1H3. The maximum absolute atomic E-state index is 13.4. The molecule has 0 radical (unpaired) electrons. The number of allylic oxidation sites excluding steroid dienone is 5. The zero-order valence-corrected chi connectivity index (χ0v) is 21.5. The summed E-state index contributed by atoms with van der Waals surface area (Å²) >= 11 is 0. The second-order valence-electron chi connectivity index (χ2n) is 8.79. The van der Waals surface area contributed by atoms with Gasteiger partial charge >= 0.3 is 0 Å². The third-order valence-corrected chi connectivity index (χ3v) is 6.01. The number of aromatic nitrogens is 1. The van der Waals surface area contributed by atoms with E-state index in [-0.39, 0.29) is 11.0 Å². The van der Waals surface area contributed by atoms with Gasteiger partial charge in [-0.25, -0.2) is 0 Å². The number of hydrogen-bond acceptors (Lipinski definition) is 7. The SMILES string of the molecule is C=C1C=C(c2oc3c(C(C)Nc4cc(C)[nH]c(=O)c4C(N)=O)cc(C)cc3c(=O)c2C)C=CC1=N.CN. The van der Waals surface area contributed by atoms with Crippen molar-refractivity contribution in [1.29, 1.82) is 5.41 Å². The number of aryl methyl sites for hydroxylation is 2. The van der Waals surface area contributed by atoms with Crippen LogP contribution in [0.2, 0.25) is 0 Å². The minimum atomic E-state index is -0.846. The highest BCUT2D eigenvalue weighted by molar-refractivity contribution is 6.12. The second kappa shape index (κ2) is 10.6. The van der Waals surface area contributed by atoms with Crippen molar-refractivity contribution in [2.75, 3.05) is 12.4 Å². The number of nitrogens with one attached hydrogen (secondary N) is 3. The zero-order chi connectivity index (χ0) is 27.6. The molecule has 3 aromatic rings. The Morgan fingerprint density at radius 2 is 1.81 bits per heavy atom. The van der Waals surface area contributed by atoms with E-state index in [4.69, 9.17) is 15.6 Å². The number of H-pyrrole nitrogens is 1. The Balaban J connectivity index is 0.00000186. The minimum absolute atomic E-state index is 0.163. The predicted octanol–water partition coefficient (Wildman–Crippen LogP) is 3.78. The summed E-state index contributed by atoms with van der Waals surface area (Å²) in [7, 11) is 1.50. The van der Waals surface area contributed by atoms with E-state index in [1.54, 1.807) is 44.2 Å². The van der Waals surface area contributed by atoms with E-state index in [9.17, 15) is 14.4 Å². The minimum Gasteiger partial charge on any atom is -0.455 e. The first-order chi connectivity index (χ1) is 17.5. The van der Waals surface area contributed by atoms with Crippen LogP contribution in [0, 0.1) is 26.2 Å². The molecular weight excluding hydrogens is 470 g/mol. The average molecular weight is 502 g/mol. The Labute approximate surface area is 214 Å². The topological polar surface area (TPSA) is 168 Å². The third-order valence-electron chi connectivity index (χ3n) is 6.01. The molecule has 9 nitrogen and oxygen atoms in total. The molecule has 0 saturated carbocycles. The summed E-state index contributed by atoms with van der Waals surface area (Å²) in [6.45, 7) is 11.0. The van der Waals surface area contributed by atoms with Crippen LogP contribution >= 0.6 is 0 Å². The van der Waals surface area contributed by atoms with Crippen molar-refractivity contribution in [2.24, 2.45) is 11.5 Å². The van der Waals surface area contributed by atoms with Gasteiger partial charge in [0.05, 0.1) is 22.8 Å². The fraction of sp³-hybridized carbons (Fsp3) is 0.214. The van der Waals surface area contributed by atoms with Crippen molar-refractivity contribution in [1.82, 2.24) is 4.98 Å². The Bertz CT molecular complexity index is 1620. The molecule has 2 aromatic heterocycles. The molecule has 1 atom stereocenters. The molecule has 0 bridgehead atoms. The van der Waals surface area contributed by atoms with Crippen molar-refractivity contribution in [3.63, 3.8) is 0 Å². The zero-order valence-electron chi connectivity index (χ0n) is 21.5. The lowest BCUT2D eigenvalue weighted by atomic mass is 9.95. The summed E-state index contributed by atoms with van der Waals surface area (Å²) in [5.41, 5.74) is 13.8. The highest BCUT2D eigenvalue weighted by Gasteiger charge is 2.22.